The van der Waals surface area contributed by atoms with Gasteiger partial charge in [0.1, 0.15) is 5.82 Å². The molecular formula is C27H25Cl3FN3O2. The number of benzene rings is 3. The van der Waals surface area contributed by atoms with Crippen molar-refractivity contribution < 1.29 is 14.0 Å². The Morgan fingerprint density at radius 1 is 0.861 bits per heavy atom. The Kier molecular flexibility index (Phi) is 8.86. The van der Waals surface area contributed by atoms with Gasteiger partial charge in [-0.15, -0.1) is 0 Å². The molecule has 188 valence electrons. The Balaban J connectivity index is 1.38. The average Bonchev–Trinajstić information content (AvgIpc) is 2.87. The third kappa shape index (κ3) is 6.77. The highest BCUT2D eigenvalue weighted by atomic mass is 35.5. The minimum Gasteiger partial charge on any atom is -0.336 e. The lowest BCUT2D eigenvalue weighted by Crippen LogP contribution is -2.50. The number of piperazine rings is 1. The number of carbonyl (C=O) groups is 2. The lowest BCUT2D eigenvalue weighted by atomic mass is 10.1. The molecule has 3 aromatic rings. The SMILES string of the molecule is O=C(c1cccc(Cl)c1)N(CCN1CCN(C(=O)c2ccc(Cl)cc2Cl)CC1)Cc1ccc(F)cc1. The van der Waals surface area contributed by atoms with E-state index in [1.54, 1.807) is 64.4 Å². The summed E-state index contributed by atoms with van der Waals surface area (Å²) in [5.41, 5.74) is 1.77. The van der Waals surface area contributed by atoms with Crippen LogP contribution in [0, 0.1) is 5.82 Å². The molecule has 36 heavy (non-hydrogen) atoms. The summed E-state index contributed by atoms with van der Waals surface area (Å²) in [5, 5.41) is 1.31. The predicted molar refractivity (Wildman–Crippen MR) is 141 cm³/mol. The molecule has 0 N–H and O–H groups in total. The molecule has 2 amide bonds. The van der Waals surface area contributed by atoms with Gasteiger partial charge in [0, 0.05) is 61.4 Å². The van der Waals surface area contributed by atoms with Gasteiger partial charge in [-0.1, -0.05) is 53.0 Å². The number of hydrogen-bond donors (Lipinski definition) is 0. The van der Waals surface area contributed by atoms with Crippen LogP contribution in [0.5, 0.6) is 0 Å². The van der Waals surface area contributed by atoms with Crippen molar-refractivity contribution in [2.75, 3.05) is 39.3 Å². The van der Waals surface area contributed by atoms with Crippen LogP contribution in [0.25, 0.3) is 0 Å². The Morgan fingerprint density at radius 2 is 1.56 bits per heavy atom. The van der Waals surface area contributed by atoms with E-state index < -0.39 is 0 Å². The molecule has 5 nitrogen and oxygen atoms in total. The monoisotopic (exact) mass is 547 g/mol. The first-order chi connectivity index (χ1) is 17.3. The van der Waals surface area contributed by atoms with Gasteiger partial charge in [0.05, 0.1) is 10.6 Å². The van der Waals surface area contributed by atoms with Gasteiger partial charge in [0.2, 0.25) is 0 Å². The summed E-state index contributed by atoms with van der Waals surface area (Å²) in [4.78, 5) is 31.9. The highest BCUT2D eigenvalue weighted by molar-refractivity contribution is 6.36. The third-order valence-electron chi connectivity index (χ3n) is 6.15. The number of halogens is 4. The number of nitrogens with zero attached hydrogens (tertiary/aromatic N) is 3. The Morgan fingerprint density at radius 3 is 2.22 bits per heavy atom. The van der Waals surface area contributed by atoms with Gasteiger partial charge in [0.15, 0.2) is 0 Å². The van der Waals surface area contributed by atoms with Crippen molar-refractivity contribution >= 4 is 46.6 Å². The zero-order valence-corrected chi connectivity index (χ0v) is 21.7. The standard InChI is InChI=1S/C27H25Cl3FN3O2/c28-21-3-1-2-20(16-21)26(35)34(18-19-4-7-23(31)8-5-19)15-12-32-10-13-33(14-11-32)27(36)24-9-6-22(29)17-25(24)30/h1-9,16-17H,10-15,18H2. The Hall–Kier alpha value is -2.64. The lowest BCUT2D eigenvalue weighted by Gasteiger charge is -2.36. The molecule has 0 aromatic heterocycles. The Bertz CT molecular complexity index is 1230. The van der Waals surface area contributed by atoms with Crippen molar-refractivity contribution in [2.45, 2.75) is 6.54 Å². The lowest BCUT2D eigenvalue weighted by molar-refractivity contribution is 0.0599. The quantitative estimate of drug-likeness (QED) is 0.370. The molecule has 0 radical (unpaired) electrons. The van der Waals surface area contributed by atoms with Crippen LogP contribution in [0.15, 0.2) is 66.7 Å². The van der Waals surface area contributed by atoms with E-state index in [1.165, 1.54) is 12.1 Å². The van der Waals surface area contributed by atoms with Gasteiger partial charge in [-0.3, -0.25) is 14.5 Å². The first kappa shape index (κ1) is 26.4. The molecule has 0 saturated carbocycles. The van der Waals surface area contributed by atoms with Crippen molar-refractivity contribution in [1.29, 1.82) is 0 Å². The summed E-state index contributed by atoms with van der Waals surface area (Å²) >= 11 is 18.3. The molecular weight excluding hydrogens is 524 g/mol. The zero-order chi connectivity index (χ0) is 25.7. The number of rotatable bonds is 7. The topological polar surface area (TPSA) is 43.9 Å². The van der Waals surface area contributed by atoms with E-state index in [1.807, 2.05) is 0 Å². The second kappa shape index (κ2) is 12.1. The van der Waals surface area contributed by atoms with Crippen LogP contribution in [0.1, 0.15) is 26.3 Å². The number of amides is 2. The van der Waals surface area contributed by atoms with E-state index in [0.717, 1.165) is 5.56 Å². The maximum absolute atomic E-state index is 13.4. The normalized spacial score (nSPS) is 14.1. The fourth-order valence-electron chi connectivity index (χ4n) is 4.14. The number of hydrogen-bond acceptors (Lipinski definition) is 3. The first-order valence-corrected chi connectivity index (χ1v) is 12.7. The summed E-state index contributed by atoms with van der Waals surface area (Å²) < 4.78 is 13.4. The molecule has 1 fully saturated rings. The molecule has 0 spiro atoms. The van der Waals surface area contributed by atoms with Gasteiger partial charge in [-0.05, 0) is 54.1 Å². The van der Waals surface area contributed by atoms with Crippen LogP contribution in [0.4, 0.5) is 4.39 Å². The molecule has 0 bridgehead atoms. The highest BCUT2D eigenvalue weighted by Gasteiger charge is 2.25. The van der Waals surface area contributed by atoms with Crippen molar-refractivity contribution in [2.24, 2.45) is 0 Å². The summed E-state index contributed by atoms with van der Waals surface area (Å²) in [5.74, 6) is -0.586. The van der Waals surface area contributed by atoms with E-state index in [9.17, 15) is 14.0 Å². The van der Waals surface area contributed by atoms with E-state index in [4.69, 9.17) is 34.8 Å². The van der Waals surface area contributed by atoms with Crippen molar-refractivity contribution in [1.82, 2.24) is 14.7 Å². The molecule has 0 unspecified atom stereocenters. The second-order valence-electron chi connectivity index (χ2n) is 8.62. The van der Waals surface area contributed by atoms with Gasteiger partial charge >= 0.3 is 0 Å². The van der Waals surface area contributed by atoms with E-state index in [2.05, 4.69) is 4.90 Å². The minimum absolute atomic E-state index is 0.120. The maximum Gasteiger partial charge on any atom is 0.255 e. The van der Waals surface area contributed by atoms with Crippen molar-refractivity contribution in [3.63, 3.8) is 0 Å². The summed E-state index contributed by atoms with van der Waals surface area (Å²) in [6.07, 6.45) is 0. The maximum atomic E-state index is 13.4. The Labute approximate surface area is 225 Å². The number of carbonyl (C=O) groups excluding carboxylic acids is 2. The van der Waals surface area contributed by atoms with Crippen molar-refractivity contribution in [3.8, 4) is 0 Å². The molecule has 9 heteroatoms. The summed E-state index contributed by atoms with van der Waals surface area (Å²) in [6.45, 7) is 3.91. The summed E-state index contributed by atoms with van der Waals surface area (Å²) in [6, 6.07) is 17.9. The first-order valence-electron chi connectivity index (χ1n) is 11.6. The smallest absolute Gasteiger partial charge is 0.255 e. The van der Waals surface area contributed by atoms with Gasteiger partial charge < -0.3 is 9.80 Å². The molecule has 1 aliphatic heterocycles. The molecule has 1 heterocycles. The second-order valence-corrected chi connectivity index (χ2v) is 9.90. The summed E-state index contributed by atoms with van der Waals surface area (Å²) in [7, 11) is 0. The fourth-order valence-corrected chi connectivity index (χ4v) is 4.82. The van der Waals surface area contributed by atoms with E-state index in [-0.39, 0.29) is 17.6 Å². The van der Waals surface area contributed by atoms with E-state index >= 15 is 0 Å². The van der Waals surface area contributed by atoms with Crippen LogP contribution in [0.3, 0.4) is 0 Å². The van der Waals surface area contributed by atoms with Crippen LogP contribution in [-0.2, 0) is 6.54 Å². The molecule has 0 aliphatic carbocycles. The molecule has 1 saturated heterocycles. The largest absolute Gasteiger partial charge is 0.336 e. The van der Waals surface area contributed by atoms with Crippen LogP contribution in [-0.4, -0.2) is 65.8 Å². The zero-order valence-electron chi connectivity index (χ0n) is 19.5. The van der Waals surface area contributed by atoms with E-state index in [0.29, 0.717) is 72.0 Å². The molecule has 1 aliphatic rings. The third-order valence-corrected chi connectivity index (χ3v) is 6.94. The predicted octanol–water partition coefficient (Wildman–Crippen LogP) is 5.89. The van der Waals surface area contributed by atoms with Gasteiger partial charge in [-0.2, -0.15) is 0 Å². The van der Waals surface area contributed by atoms with Gasteiger partial charge in [0.25, 0.3) is 11.8 Å². The van der Waals surface area contributed by atoms with Crippen LogP contribution < -0.4 is 0 Å². The molecule has 0 atom stereocenters. The van der Waals surface area contributed by atoms with Crippen LogP contribution in [0.2, 0.25) is 15.1 Å². The molecule has 3 aromatic carbocycles. The highest BCUT2D eigenvalue weighted by Crippen LogP contribution is 2.23. The fraction of sp³-hybridized carbons (Fsp3) is 0.259. The average molecular weight is 549 g/mol. The minimum atomic E-state index is -0.321. The molecule has 4 rings (SSSR count). The van der Waals surface area contributed by atoms with Crippen LogP contribution >= 0.6 is 34.8 Å². The van der Waals surface area contributed by atoms with Gasteiger partial charge in [-0.25, -0.2) is 4.39 Å². The van der Waals surface area contributed by atoms with Crippen molar-refractivity contribution in [3.05, 3.63) is 104 Å².